The van der Waals surface area contributed by atoms with Gasteiger partial charge in [0.1, 0.15) is 11.5 Å². The van der Waals surface area contributed by atoms with E-state index in [0.29, 0.717) is 12.0 Å². The number of ether oxygens (including phenoxy) is 2. The van der Waals surface area contributed by atoms with Crippen LogP contribution in [0.4, 0.5) is 8.78 Å². The molecule has 6 heteroatoms. The van der Waals surface area contributed by atoms with E-state index in [1.807, 2.05) is 47.5 Å². The molecule has 0 spiro atoms. The molecule has 6 rings (SSSR count). The van der Waals surface area contributed by atoms with Crippen LogP contribution in [0.15, 0.2) is 108 Å². The van der Waals surface area contributed by atoms with Gasteiger partial charge in [0.05, 0.1) is 17.3 Å². The number of alkyl halides is 2. The predicted molar refractivity (Wildman–Crippen MR) is 130 cm³/mol. The van der Waals surface area contributed by atoms with Crippen LogP contribution in [0.3, 0.4) is 0 Å². The van der Waals surface area contributed by atoms with Gasteiger partial charge in [0.2, 0.25) is 6.23 Å². The zero-order chi connectivity index (χ0) is 23.8. The molecule has 0 unspecified atom stereocenters. The quantitative estimate of drug-likeness (QED) is 0.311. The number of halogens is 2. The first-order chi connectivity index (χ1) is 17.2. The molecule has 2 aliphatic rings. The number of rotatable bonds is 5. The van der Waals surface area contributed by atoms with E-state index in [1.165, 1.54) is 6.07 Å². The lowest BCUT2D eigenvalue weighted by Crippen LogP contribution is -2.34. The SMILES string of the molecule is FC(F)Oc1ccccc1[C@H]1Oc2ccccc2[C@@H]2CC(c3ccc(-c4ccccc4)cc3)=NN12. The third kappa shape index (κ3) is 4.01. The van der Waals surface area contributed by atoms with Gasteiger partial charge in [-0.25, -0.2) is 5.01 Å². The second-order valence-corrected chi connectivity index (χ2v) is 8.51. The van der Waals surface area contributed by atoms with Crippen molar-refractivity contribution in [3.63, 3.8) is 0 Å². The Morgan fingerprint density at radius 1 is 0.743 bits per heavy atom. The molecule has 0 aromatic heterocycles. The first-order valence-corrected chi connectivity index (χ1v) is 11.5. The van der Waals surface area contributed by atoms with Gasteiger partial charge >= 0.3 is 6.61 Å². The molecule has 35 heavy (non-hydrogen) atoms. The maximum absolute atomic E-state index is 13.1. The second-order valence-electron chi connectivity index (χ2n) is 8.51. The fourth-order valence-corrected chi connectivity index (χ4v) is 4.79. The monoisotopic (exact) mass is 468 g/mol. The molecule has 0 fully saturated rings. The van der Waals surface area contributed by atoms with E-state index in [-0.39, 0.29) is 11.8 Å². The number of hydrogen-bond acceptors (Lipinski definition) is 4. The second kappa shape index (κ2) is 8.87. The molecule has 0 saturated carbocycles. The highest BCUT2D eigenvalue weighted by atomic mass is 19.3. The van der Waals surface area contributed by atoms with Crippen molar-refractivity contribution < 1.29 is 18.3 Å². The molecule has 2 atom stereocenters. The molecule has 4 nitrogen and oxygen atoms in total. The van der Waals surface area contributed by atoms with Gasteiger partial charge in [-0.2, -0.15) is 13.9 Å². The van der Waals surface area contributed by atoms with Crippen LogP contribution < -0.4 is 9.47 Å². The molecular formula is C29H22F2N2O2. The van der Waals surface area contributed by atoms with Crippen LogP contribution >= 0.6 is 0 Å². The van der Waals surface area contributed by atoms with Crippen LogP contribution in [0.1, 0.15) is 35.4 Å². The van der Waals surface area contributed by atoms with E-state index >= 15 is 0 Å². The van der Waals surface area contributed by atoms with Crippen LogP contribution in [-0.2, 0) is 0 Å². The van der Waals surface area contributed by atoms with Gasteiger partial charge in [0.15, 0.2) is 0 Å². The van der Waals surface area contributed by atoms with Crippen molar-refractivity contribution in [1.82, 2.24) is 5.01 Å². The van der Waals surface area contributed by atoms with Crippen LogP contribution in [0, 0.1) is 0 Å². The zero-order valence-corrected chi connectivity index (χ0v) is 18.7. The van der Waals surface area contributed by atoms with Crippen molar-refractivity contribution in [3.8, 4) is 22.6 Å². The third-order valence-electron chi connectivity index (χ3n) is 6.43. The highest BCUT2D eigenvalue weighted by Crippen LogP contribution is 2.48. The molecule has 2 aliphatic heterocycles. The van der Waals surface area contributed by atoms with E-state index < -0.39 is 12.8 Å². The Balaban J connectivity index is 1.38. The van der Waals surface area contributed by atoms with Crippen molar-refractivity contribution >= 4 is 5.71 Å². The largest absolute Gasteiger partial charge is 0.464 e. The number of para-hydroxylation sites is 2. The van der Waals surface area contributed by atoms with Gasteiger partial charge in [-0.1, -0.05) is 84.9 Å². The Morgan fingerprint density at radius 2 is 1.37 bits per heavy atom. The molecule has 0 N–H and O–H groups in total. The molecule has 4 aromatic carbocycles. The smallest absolute Gasteiger partial charge is 0.387 e. The van der Waals surface area contributed by atoms with Gasteiger partial charge in [0, 0.05) is 12.0 Å². The van der Waals surface area contributed by atoms with Crippen LogP contribution in [0.5, 0.6) is 11.5 Å². The molecule has 0 bridgehead atoms. The standard InChI is InChI=1S/C29H22F2N2O2/c30-29(31)35-27-13-7-5-11-23(27)28-33-25(22-10-4-6-12-26(22)34-28)18-24(32-33)21-16-14-20(15-17-21)19-8-2-1-3-9-19/h1-17,25,28-29H,18H2/t25-,28+/m0/s1. The van der Waals surface area contributed by atoms with Crippen LogP contribution in [-0.4, -0.2) is 17.3 Å². The van der Waals surface area contributed by atoms with Crippen molar-refractivity contribution in [2.75, 3.05) is 0 Å². The normalized spacial score (nSPS) is 18.5. The van der Waals surface area contributed by atoms with Gasteiger partial charge in [0.25, 0.3) is 0 Å². The average molecular weight is 469 g/mol. The number of hydrazone groups is 1. The summed E-state index contributed by atoms with van der Waals surface area (Å²) in [5.74, 6) is 0.808. The minimum Gasteiger partial charge on any atom is -0.464 e. The summed E-state index contributed by atoms with van der Waals surface area (Å²) in [4.78, 5) is 0. The molecule has 2 heterocycles. The number of hydrogen-bond donors (Lipinski definition) is 0. The van der Waals surface area contributed by atoms with E-state index in [9.17, 15) is 8.78 Å². The summed E-state index contributed by atoms with van der Waals surface area (Å²) in [6.45, 7) is -2.93. The van der Waals surface area contributed by atoms with Gasteiger partial charge in [-0.05, 0) is 34.9 Å². The molecule has 4 aromatic rings. The van der Waals surface area contributed by atoms with Crippen LogP contribution in [0.2, 0.25) is 0 Å². The summed E-state index contributed by atoms with van der Waals surface area (Å²) in [6, 6.07) is 33.0. The Bertz CT molecular complexity index is 1370. The fraction of sp³-hybridized carbons (Fsp3) is 0.138. The van der Waals surface area contributed by atoms with Gasteiger partial charge in [-0.3, -0.25) is 0 Å². The van der Waals surface area contributed by atoms with Crippen molar-refractivity contribution in [1.29, 1.82) is 0 Å². The van der Waals surface area contributed by atoms with E-state index in [0.717, 1.165) is 33.7 Å². The molecule has 174 valence electrons. The van der Waals surface area contributed by atoms with E-state index in [1.54, 1.807) is 18.2 Å². The van der Waals surface area contributed by atoms with E-state index in [2.05, 4.69) is 36.4 Å². The molecule has 0 aliphatic carbocycles. The van der Waals surface area contributed by atoms with Crippen LogP contribution in [0.25, 0.3) is 11.1 Å². The Kier molecular flexibility index (Phi) is 5.41. The maximum Gasteiger partial charge on any atom is 0.387 e. The molecule has 0 amide bonds. The lowest BCUT2D eigenvalue weighted by atomic mass is 9.95. The maximum atomic E-state index is 13.1. The summed E-state index contributed by atoms with van der Waals surface area (Å²) >= 11 is 0. The summed E-state index contributed by atoms with van der Waals surface area (Å²) in [7, 11) is 0. The Hall–Kier alpha value is -4.19. The van der Waals surface area contributed by atoms with Gasteiger partial charge in [-0.15, -0.1) is 0 Å². The topological polar surface area (TPSA) is 34.1 Å². The first-order valence-electron chi connectivity index (χ1n) is 11.5. The van der Waals surface area contributed by atoms with Crippen molar-refractivity contribution in [2.24, 2.45) is 5.10 Å². The summed E-state index contributed by atoms with van der Waals surface area (Å²) < 4.78 is 37.3. The zero-order valence-electron chi connectivity index (χ0n) is 18.7. The lowest BCUT2D eigenvalue weighted by Gasteiger charge is -2.38. The third-order valence-corrected chi connectivity index (χ3v) is 6.43. The average Bonchev–Trinajstić information content (AvgIpc) is 3.35. The summed E-state index contributed by atoms with van der Waals surface area (Å²) in [5.41, 5.74) is 5.77. The highest BCUT2D eigenvalue weighted by Gasteiger charge is 2.42. The molecule has 0 saturated heterocycles. The highest BCUT2D eigenvalue weighted by molar-refractivity contribution is 6.02. The fourth-order valence-electron chi connectivity index (χ4n) is 4.79. The minimum atomic E-state index is -2.93. The Labute approximate surface area is 202 Å². The lowest BCUT2D eigenvalue weighted by molar-refractivity contribution is -0.0578. The number of fused-ring (bicyclic) bond motifs is 3. The molecule has 0 radical (unpaired) electrons. The number of nitrogens with zero attached hydrogens (tertiary/aromatic N) is 2. The van der Waals surface area contributed by atoms with E-state index in [4.69, 9.17) is 14.6 Å². The summed E-state index contributed by atoms with van der Waals surface area (Å²) in [5, 5.41) is 6.81. The first kappa shape index (κ1) is 21.4. The van der Waals surface area contributed by atoms with Crippen molar-refractivity contribution in [3.05, 3.63) is 120 Å². The summed E-state index contributed by atoms with van der Waals surface area (Å²) in [6.07, 6.45) is -0.00895. The molecular weight excluding hydrogens is 446 g/mol. The van der Waals surface area contributed by atoms with Gasteiger partial charge < -0.3 is 9.47 Å². The van der Waals surface area contributed by atoms with Crippen molar-refractivity contribution in [2.45, 2.75) is 25.3 Å². The Morgan fingerprint density at radius 3 is 2.14 bits per heavy atom. The number of benzene rings is 4. The predicted octanol–water partition coefficient (Wildman–Crippen LogP) is 7.20. The minimum absolute atomic E-state index is 0.0756.